The van der Waals surface area contributed by atoms with Crippen LogP contribution in [0.3, 0.4) is 0 Å². The summed E-state index contributed by atoms with van der Waals surface area (Å²) in [6, 6.07) is 19.8. The Morgan fingerprint density at radius 2 is 1.81 bits per heavy atom. The van der Waals surface area contributed by atoms with Crippen LogP contribution in [0.4, 0.5) is 5.69 Å². The molecule has 0 aliphatic heterocycles. The number of Topliss-reactive ketones (excluding diaryl/α,β-unsaturated/α-hetero) is 1. The summed E-state index contributed by atoms with van der Waals surface area (Å²) < 4.78 is 2.30. The Bertz CT molecular complexity index is 1370. The molecule has 0 aliphatic carbocycles. The molecule has 0 radical (unpaired) electrons. The number of para-hydroxylation sites is 1. The van der Waals surface area contributed by atoms with Gasteiger partial charge in [-0.3, -0.25) is 24.3 Å². The molecule has 4 rings (SSSR count). The summed E-state index contributed by atoms with van der Waals surface area (Å²) in [7, 11) is 0. The quantitative estimate of drug-likeness (QED) is 0.122. The zero-order chi connectivity index (χ0) is 22.0. The second-order valence-electron chi connectivity index (χ2n) is 6.55. The Labute approximate surface area is 189 Å². The number of nitrogens with zero attached hydrogens (tertiary/aromatic N) is 3. The number of nitro groups is 1. The number of non-ortho nitro benzene ring substituents is 1. The molecular weight excluding hydrogens is 482 g/mol. The lowest BCUT2D eigenvalue weighted by atomic mass is 10.1. The van der Waals surface area contributed by atoms with E-state index in [1.54, 1.807) is 36.4 Å². The van der Waals surface area contributed by atoms with Crippen molar-refractivity contribution in [1.29, 1.82) is 0 Å². The van der Waals surface area contributed by atoms with Gasteiger partial charge in [-0.2, -0.15) is 0 Å². The van der Waals surface area contributed by atoms with Gasteiger partial charge in [0, 0.05) is 22.2 Å². The largest absolute Gasteiger partial charge is 0.293 e. The zero-order valence-electron chi connectivity index (χ0n) is 15.9. The summed E-state index contributed by atoms with van der Waals surface area (Å²) in [4.78, 5) is 40.8. The number of hydrogen-bond donors (Lipinski definition) is 0. The lowest BCUT2D eigenvalue weighted by molar-refractivity contribution is -0.384. The molecule has 0 N–H and O–H groups in total. The van der Waals surface area contributed by atoms with Crippen molar-refractivity contribution in [2.75, 3.05) is 5.75 Å². The van der Waals surface area contributed by atoms with E-state index in [-0.39, 0.29) is 22.8 Å². The van der Waals surface area contributed by atoms with Gasteiger partial charge in [0.05, 0.1) is 27.3 Å². The lowest BCUT2D eigenvalue weighted by Crippen LogP contribution is -2.22. The van der Waals surface area contributed by atoms with Crippen LogP contribution in [0.1, 0.15) is 10.4 Å². The normalized spacial score (nSPS) is 10.9. The molecule has 0 amide bonds. The van der Waals surface area contributed by atoms with E-state index >= 15 is 0 Å². The van der Waals surface area contributed by atoms with Crippen LogP contribution in [0.25, 0.3) is 16.6 Å². The third-order valence-electron chi connectivity index (χ3n) is 4.54. The highest BCUT2D eigenvalue weighted by Crippen LogP contribution is 2.24. The number of carbonyl (C=O) groups excluding carboxylic acids is 1. The number of fused-ring (bicyclic) bond motifs is 1. The van der Waals surface area contributed by atoms with E-state index in [4.69, 9.17) is 0 Å². The number of rotatable bonds is 6. The average molecular weight is 496 g/mol. The van der Waals surface area contributed by atoms with E-state index in [0.29, 0.717) is 27.3 Å². The summed E-state index contributed by atoms with van der Waals surface area (Å²) in [5, 5.41) is 11.7. The molecule has 0 aliphatic rings. The molecule has 3 aromatic carbocycles. The minimum absolute atomic E-state index is 0.0244. The van der Waals surface area contributed by atoms with Crippen molar-refractivity contribution in [3.05, 3.63) is 103 Å². The number of carbonyl (C=O) groups is 1. The standard InChI is InChI=1S/C22H14BrN3O4S/c23-15-4-3-5-17(12-15)25-21(28)18-6-1-2-7-19(18)24-22(25)31-13-20(27)14-8-10-16(11-9-14)26(29)30/h1-12H,13H2. The first-order valence-electron chi connectivity index (χ1n) is 9.12. The van der Waals surface area contributed by atoms with Gasteiger partial charge in [-0.25, -0.2) is 4.98 Å². The SMILES string of the molecule is O=C(CSc1nc2ccccc2c(=O)n1-c1cccc(Br)c1)c1ccc([N+](=O)[O-])cc1. The number of thioether (sulfide) groups is 1. The maximum atomic E-state index is 13.2. The van der Waals surface area contributed by atoms with Gasteiger partial charge in [-0.1, -0.05) is 45.9 Å². The van der Waals surface area contributed by atoms with Gasteiger partial charge in [-0.05, 0) is 42.5 Å². The van der Waals surface area contributed by atoms with Gasteiger partial charge in [0.1, 0.15) is 0 Å². The summed E-state index contributed by atoms with van der Waals surface area (Å²) in [6.45, 7) is 0. The van der Waals surface area contributed by atoms with E-state index in [2.05, 4.69) is 20.9 Å². The predicted octanol–water partition coefficient (Wildman–Crippen LogP) is 5.03. The Morgan fingerprint density at radius 3 is 2.52 bits per heavy atom. The molecule has 0 atom stereocenters. The van der Waals surface area contributed by atoms with Gasteiger partial charge in [0.25, 0.3) is 11.2 Å². The van der Waals surface area contributed by atoms with Crippen LogP contribution in [-0.4, -0.2) is 26.0 Å². The first kappa shape index (κ1) is 21.0. The topological polar surface area (TPSA) is 95.1 Å². The molecule has 0 fully saturated rings. The average Bonchev–Trinajstić information content (AvgIpc) is 2.77. The maximum absolute atomic E-state index is 13.2. The van der Waals surface area contributed by atoms with Crippen molar-refractivity contribution in [1.82, 2.24) is 9.55 Å². The Morgan fingerprint density at radius 1 is 1.06 bits per heavy atom. The smallest absolute Gasteiger partial charge is 0.269 e. The minimum atomic E-state index is -0.515. The van der Waals surface area contributed by atoms with Crippen LogP contribution in [0.2, 0.25) is 0 Å². The van der Waals surface area contributed by atoms with Crippen LogP contribution >= 0.6 is 27.7 Å². The number of benzene rings is 3. The molecule has 0 bridgehead atoms. The van der Waals surface area contributed by atoms with Gasteiger partial charge < -0.3 is 0 Å². The monoisotopic (exact) mass is 495 g/mol. The second kappa shape index (κ2) is 8.83. The fourth-order valence-electron chi connectivity index (χ4n) is 3.03. The highest BCUT2D eigenvalue weighted by Gasteiger charge is 2.16. The number of ketones is 1. The van der Waals surface area contributed by atoms with Crippen molar-refractivity contribution in [3.8, 4) is 5.69 Å². The number of aromatic nitrogens is 2. The number of halogens is 1. The molecule has 7 nitrogen and oxygen atoms in total. The molecule has 0 saturated heterocycles. The predicted molar refractivity (Wildman–Crippen MR) is 123 cm³/mol. The molecule has 154 valence electrons. The van der Waals surface area contributed by atoms with E-state index in [9.17, 15) is 19.7 Å². The van der Waals surface area contributed by atoms with Gasteiger partial charge in [-0.15, -0.1) is 0 Å². The Hall–Kier alpha value is -3.30. The summed E-state index contributed by atoms with van der Waals surface area (Å²) in [6.07, 6.45) is 0. The van der Waals surface area contributed by atoms with Crippen LogP contribution in [-0.2, 0) is 0 Å². The Kier molecular flexibility index (Phi) is 5.97. The van der Waals surface area contributed by atoms with Crippen LogP contribution < -0.4 is 5.56 Å². The van der Waals surface area contributed by atoms with E-state index in [1.165, 1.54) is 28.8 Å². The third-order valence-corrected chi connectivity index (χ3v) is 5.98. The number of hydrogen-bond acceptors (Lipinski definition) is 6. The maximum Gasteiger partial charge on any atom is 0.269 e. The van der Waals surface area contributed by atoms with Crippen LogP contribution in [0.15, 0.2) is 87.2 Å². The lowest BCUT2D eigenvalue weighted by Gasteiger charge is -2.13. The second-order valence-corrected chi connectivity index (χ2v) is 8.41. The third kappa shape index (κ3) is 4.42. The highest BCUT2D eigenvalue weighted by molar-refractivity contribution is 9.10. The first-order chi connectivity index (χ1) is 14.9. The van der Waals surface area contributed by atoms with E-state index in [1.807, 2.05) is 12.1 Å². The molecule has 1 aromatic heterocycles. The first-order valence-corrected chi connectivity index (χ1v) is 10.9. The van der Waals surface area contributed by atoms with Crippen LogP contribution in [0.5, 0.6) is 0 Å². The van der Waals surface area contributed by atoms with Gasteiger partial charge >= 0.3 is 0 Å². The van der Waals surface area contributed by atoms with E-state index < -0.39 is 4.92 Å². The number of nitro benzene ring substituents is 1. The summed E-state index contributed by atoms with van der Waals surface area (Å²) in [5.74, 6) is -0.195. The molecule has 9 heteroatoms. The van der Waals surface area contributed by atoms with Gasteiger partial charge in [0.2, 0.25) is 0 Å². The van der Waals surface area contributed by atoms with Gasteiger partial charge in [0.15, 0.2) is 10.9 Å². The fourth-order valence-corrected chi connectivity index (χ4v) is 4.33. The van der Waals surface area contributed by atoms with Crippen LogP contribution in [0, 0.1) is 10.1 Å². The van der Waals surface area contributed by atoms with Crippen molar-refractivity contribution in [3.63, 3.8) is 0 Å². The molecule has 31 heavy (non-hydrogen) atoms. The van der Waals surface area contributed by atoms with Crippen molar-refractivity contribution >= 4 is 50.1 Å². The molecule has 0 spiro atoms. The van der Waals surface area contributed by atoms with Crippen molar-refractivity contribution in [2.45, 2.75) is 5.16 Å². The highest BCUT2D eigenvalue weighted by atomic mass is 79.9. The van der Waals surface area contributed by atoms with Crippen molar-refractivity contribution < 1.29 is 9.72 Å². The van der Waals surface area contributed by atoms with E-state index in [0.717, 1.165) is 16.2 Å². The molecule has 0 saturated carbocycles. The summed E-state index contributed by atoms with van der Waals surface area (Å²) in [5.41, 5.74) is 1.22. The Balaban J connectivity index is 1.71. The zero-order valence-corrected chi connectivity index (χ0v) is 18.3. The molecule has 4 aromatic rings. The minimum Gasteiger partial charge on any atom is -0.293 e. The molecular formula is C22H14BrN3O4S. The molecule has 1 heterocycles. The fraction of sp³-hybridized carbons (Fsp3) is 0.0455. The summed E-state index contributed by atoms with van der Waals surface area (Å²) >= 11 is 4.57. The molecule has 0 unspecified atom stereocenters. The van der Waals surface area contributed by atoms with Crippen molar-refractivity contribution in [2.24, 2.45) is 0 Å².